The molecule has 4 rings (SSSR count). The third-order valence-corrected chi connectivity index (χ3v) is 5.45. The Morgan fingerprint density at radius 2 is 1.79 bits per heavy atom. The molecule has 0 aliphatic carbocycles. The average molecular weight is 363 g/mol. The normalized spacial score (nSPS) is 16.6. The van der Waals surface area contributed by atoms with E-state index in [-0.39, 0.29) is 12.4 Å². The number of fused-ring (bicyclic) bond motifs is 2. The fourth-order valence-electron chi connectivity index (χ4n) is 3.91. The Labute approximate surface area is 155 Å². The van der Waals surface area contributed by atoms with E-state index in [0.717, 1.165) is 50.5 Å². The van der Waals surface area contributed by atoms with Crippen LogP contribution in [0.2, 0.25) is 5.02 Å². The molecule has 128 valence electrons. The molecule has 2 nitrogen and oxygen atoms in total. The molecule has 2 aromatic rings. The van der Waals surface area contributed by atoms with E-state index in [2.05, 4.69) is 46.6 Å². The fourth-order valence-corrected chi connectivity index (χ4v) is 4.37. The summed E-state index contributed by atoms with van der Waals surface area (Å²) in [5, 5.41) is 4.50. The van der Waals surface area contributed by atoms with Crippen molar-refractivity contribution >= 4 is 29.7 Å². The van der Waals surface area contributed by atoms with Gasteiger partial charge in [0.15, 0.2) is 0 Å². The monoisotopic (exact) mass is 362 g/mol. The van der Waals surface area contributed by atoms with Crippen LogP contribution in [0.25, 0.3) is 0 Å². The van der Waals surface area contributed by atoms with Crippen molar-refractivity contribution in [1.29, 1.82) is 0 Å². The lowest BCUT2D eigenvalue weighted by molar-refractivity contribution is 0.689. The minimum atomic E-state index is 0. The second-order valence-corrected chi connectivity index (χ2v) is 6.97. The number of aryl methyl sites for hydroxylation is 1. The van der Waals surface area contributed by atoms with Gasteiger partial charge in [-0.1, -0.05) is 48.0 Å². The molecule has 4 heteroatoms. The van der Waals surface area contributed by atoms with Crippen LogP contribution in [-0.2, 0) is 25.8 Å². The summed E-state index contributed by atoms with van der Waals surface area (Å²) >= 11 is 6.91. The van der Waals surface area contributed by atoms with Gasteiger partial charge in [0.25, 0.3) is 0 Å². The van der Waals surface area contributed by atoms with Crippen molar-refractivity contribution in [3.63, 3.8) is 0 Å². The Balaban J connectivity index is 0.00000169. The van der Waals surface area contributed by atoms with Crippen molar-refractivity contribution < 1.29 is 0 Å². The van der Waals surface area contributed by atoms with Crippen molar-refractivity contribution in [2.24, 2.45) is 0 Å². The first-order valence-corrected chi connectivity index (χ1v) is 9.03. The summed E-state index contributed by atoms with van der Waals surface area (Å²) in [6.07, 6.45) is 4.51. The maximum absolute atomic E-state index is 6.91. The van der Waals surface area contributed by atoms with Crippen molar-refractivity contribution in [2.75, 3.05) is 24.5 Å². The molecular formula is C20H24Cl2N2. The summed E-state index contributed by atoms with van der Waals surface area (Å²) < 4.78 is 0. The number of nitrogens with one attached hydrogen (secondary N) is 1. The zero-order valence-corrected chi connectivity index (χ0v) is 15.4. The van der Waals surface area contributed by atoms with Gasteiger partial charge in [0, 0.05) is 13.1 Å². The summed E-state index contributed by atoms with van der Waals surface area (Å²) in [5.41, 5.74) is 6.92. The Bertz CT molecular complexity index is 701. The van der Waals surface area contributed by atoms with E-state index in [4.69, 9.17) is 11.6 Å². The molecule has 0 amide bonds. The second kappa shape index (κ2) is 7.77. The molecule has 0 aromatic heterocycles. The largest absolute Gasteiger partial charge is 0.366 e. The first kappa shape index (κ1) is 17.6. The van der Waals surface area contributed by atoms with Crippen molar-refractivity contribution in [1.82, 2.24) is 5.32 Å². The molecule has 0 spiro atoms. The standard InChI is InChI=1S/C20H23ClN2.ClH/c21-19-18-9-11-22-10-8-16(18)13-17-7-4-12-23(20(17)19)14-15-5-2-1-3-6-15;/h1-3,5-6,13,22H,4,7-12,14H2;1H. The smallest absolute Gasteiger partial charge is 0.0677 e. The van der Waals surface area contributed by atoms with Crippen LogP contribution in [0.15, 0.2) is 36.4 Å². The second-order valence-electron chi connectivity index (χ2n) is 6.60. The van der Waals surface area contributed by atoms with Gasteiger partial charge in [-0.25, -0.2) is 0 Å². The summed E-state index contributed by atoms with van der Waals surface area (Å²) in [6, 6.07) is 13.1. The van der Waals surface area contributed by atoms with Crippen molar-refractivity contribution in [2.45, 2.75) is 32.2 Å². The molecule has 24 heavy (non-hydrogen) atoms. The number of benzene rings is 2. The molecular weight excluding hydrogens is 339 g/mol. The predicted octanol–water partition coefficient (Wildman–Crippen LogP) is 4.40. The van der Waals surface area contributed by atoms with E-state index in [9.17, 15) is 0 Å². The molecule has 0 unspecified atom stereocenters. The van der Waals surface area contributed by atoms with Gasteiger partial charge < -0.3 is 10.2 Å². The van der Waals surface area contributed by atoms with E-state index in [1.54, 1.807) is 0 Å². The zero-order chi connectivity index (χ0) is 15.6. The molecule has 0 atom stereocenters. The first-order valence-electron chi connectivity index (χ1n) is 8.65. The quantitative estimate of drug-likeness (QED) is 0.851. The van der Waals surface area contributed by atoms with Crippen LogP contribution in [0, 0.1) is 0 Å². The summed E-state index contributed by atoms with van der Waals surface area (Å²) in [6.45, 7) is 4.14. The maximum Gasteiger partial charge on any atom is 0.0677 e. The summed E-state index contributed by atoms with van der Waals surface area (Å²) in [7, 11) is 0. The average Bonchev–Trinajstić information content (AvgIpc) is 2.82. The molecule has 2 heterocycles. The van der Waals surface area contributed by atoms with Crippen LogP contribution in [0.4, 0.5) is 5.69 Å². The predicted molar refractivity (Wildman–Crippen MR) is 105 cm³/mol. The Kier molecular flexibility index (Phi) is 5.70. The summed E-state index contributed by atoms with van der Waals surface area (Å²) in [4.78, 5) is 2.48. The molecule has 2 aromatic carbocycles. The van der Waals surface area contributed by atoms with Gasteiger partial charge in [-0.3, -0.25) is 0 Å². The van der Waals surface area contributed by atoms with Gasteiger partial charge in [-0.15, -0.1) is 12.4 Å². The van der Waals surface area contributed by atoms with Gasteiger partial charge in [-0.2, -0.15) is 0 Å². The van der Waals surface area contributed by atoms with Gasteiger partial charge in [-0.05, 0) is 61.0 Å². The first-order chi connectivity index (χ1) is 11.3. The van der Waals surface area contributed by atoms with Crippen LogP contribution in [0.3, 0.4) is 0 Å². The third kappa shape index (κ3) is 3.42. The van der Waals surface area contributed by atoms with Crippen LogP contribution in [0.5, 0.6) is 0 Å². The lowest BCUT2D eigenvalue weighted by Crippen LogP contribution is -2.29. The number of halogens is 2. The van der Waals surface area contributed by atoms with Gasteiger partial charge >= 0.3 is 0 Å². The molecule has 1 N–H and O–H groups in total. The van der Waals surface area contributed by atoms with Crippen molar-refractivity contribution in [3.8, 4) is 0 Å². The number of hydrogen-bond donors (Lipinski definition) is 1. The van der Waals surface area contributed by atoms with E-state index < -0.39 is 0 Å². The number of anilines is 1. The third-order valence-electron chi connectivity index (χ3n) is 5.04. The van der Waals surface area contributed by atoms with Gasteiger partial charge in [0.05, 0.1) is 10.7 Å². The molecule has 0 saturated carbocycles. The highest BCUT2D eigenvalue weighted by Gasteiger charge is 2.24. The van der Waals surface area contributed by atoms with Crippen molar-refractivity contribution in [3.05, 3.63) is 63.7 Å². The minimum absolute atomic E-state index is 0. The fraction of sp³-hybridized carbons (Fsp3) is 0.400. The minimum Gasteiger partial charge on any atom is -0.366 e. The van der Waals surface area contributed by atoms with E-state index in [1.165, 1.54) is 34.4 Å². The zero-order valence-electron chi connectivity index (χ0n) is 13.9. The van der Waals surface area contributed by atoms with Crippen LogP contribution < -0.4 is 10.2 Å². The highest BCUT2D eigenvalue weighted by atomic mass is 35.5. The molecule has 0 radical (unpaired) electrons. The topological polar surface area (TPSA) is 15.3 Å². The number of rotatable bonds is 2. The highest BCUT2D eigenvalue weighted by Crippen LogP contribution is 2.40. The SMILES string of the molecule is Cl.Clc1c2c(cc3c1N(Cc1ccccc1)CCC3)CCNCC2. The lowest BCUT2D eigenvalue weighted by Gasteiger charge is -2.34. The van der Waals surface area contributed by atoms with Crippen LogP contribution in [-0.4, -0.2) is 19.6 Å². The Hall–Kier alpha value is -1.22. The molecule has 0 saturated heterocycles. The highest BCUT2D eigenvalue weighted by molar-refractivity contribution is 6.34. The molecule has 0 bridgehead atoms. The van der Waals surface area contributed by atoms with E-state index >= 15 is 0 Å². The van der Waals surface area contributed by atoms with Gasteiger partial charge in [0.2, 0.25) is 0 Å². The number of hydrogen-bond acceptors (Lipinski definition) is 2. The van der Waals surface area contributed by atoms with Gasteiger partial charge in [0.1, 0.15) is 0 Å². The van der Waals surface area contributed by atoms with Crippen LogP contribution in [0.1, 0.15) is 28.7 Å². The summed E-state index contributed by atoms with van der Waals surface area (Å²) in [5.74, 6) is 0. The van der Waals surface area contributed by atoms with Crippen LogP contribution >= 0.6 is 24.0 Å². The maximum atomic E-state index is 6.91. The number of nitrogens with zero attached hydrogens (tertiary/aromatic N) is 1. The molecule has 2 aliphatic rings. The Morgan fingerprint density at radius 3 is 2.62 bits per heavy atom. The molecule has 0 fully saturated rings. The Morgan fingerprint density at radius 1 is 1.00 bits per heavy atom. The lowest BCUT2D eigenvalue weighted by atomic mass is 9.93. The van der Waals surface area contributed by atoms with E-state index in [1.807, 2.05) is 0 Å². The van der Waals surface area contributed by atoms with E-state index in [0.29, 0.717) is 0 Å². The molecule has 2 aliphatic heterocycles.